The van der Waals surface area contributed by atoms with Crippen LogP contribution in [0.25, 0.3) is 0 Å². The third-order valence-electron chi connectivity index (χ3n) is 2.64. The van der Waals surface area contributed by atoms with Gasteiger partial charge in [0.2, 0.25) is 0 Å². The average Bonchev–Trinajstić information content (AvgIpc) is 2.84. The Morgan fingerprint density at radius 2 is 2.15 bits per heavy atom. The van der Waals surface area contributed by atoms with E-state index >= 15 is 0 Å². The van der Waals surface area contributed by atoms with Gasteiger partial charge in [0, 0.05) is 0 Å². The number of hydrogen-bond acceptors (Lipinski definition) is 4. The molecule has 1 atom stereocenters. The van der Waals surface area contributed by atoms with Crippen LogP contribution in [-0.4, -0.2) is 23.3 Å². The molecule has 104 valence electrons. The molecule has 0 amide bonds. The number of carboxylic acid groups (broad SMARTS) is 1. The molecule has 0 bridgehead atoms. The second kappa shape index (κ2) is 4.86. The summed E-state index contributed by atoms with van der Waals surface area (Å²) < 4.78 is 38.0. The van der Waals surface area contributed by atoms with Gasteiger partial charge in [-0.15, -0.1) is 0 Å². The SMILES string of the molecule is N#Cc1cccc(N2NC(C(F)(F)F)C=C2C(=O)O)c1. The molecule has 1 aromatic carbocycles. The van der Waals surface area contributed by atoms with Crippen molar-refractivity contribution in [1.82, 2.24) is 5.43 Å². The third kappa shape index (κ3) is 2.57. The lowest BCUT2D eigenvalue weighted by Gasteiger charge is -2.23. The minimum absolute atomic E-state index is 0.143. The van der Waals surface area contributed by atoms with E-state index in [1.54, 1.807) is 0 Å². The fraction of sp³-hybridized carbons (Fsp3) is 0.167. The molecule has 0 spiro atoms. The molecule has 0 saturated heterocycles. The molecule has 0 aliphatic carbocycles. The van der Waals surface area contributed by atoms with E-state index in [0.29, 0.717) is 6.08 Å². The highest BCUT2D eigenvalue weighted by Gasteiger charge is 2.44. The van der Waals surface area contributed by atoms with Gasteiger partial charge in [-0.3, -0.25) is 5.01 Å². The molecule has 8 heteroatoms. The Bertz CT molecular complexity index is 619. The zero-order chi connectivity index (χ0) is 14.9. The van der Waals surface area contributed by atoms with Gasteiger partial charge < -0.3 is 5.11 Å². The lowest BCUT2D eigenvalue weighted by molar-refractivity contribution is -0.142. The molecule has 0 aromatic heterocycles. The van der Waals surface area contributed by atoms with Crippen LogP contribution in [0.5, 0.6) is 0 Å². The minimum atomic E-state index is -4.61. The van der Waals surface area contributed by atoms with Crippen LogP contribution in [-0.2, 0) is 4.79 Å². The van der Waals surface area contributed by atoms with Crippen LogP contribution in [0.3, 0.4) is 0 Å². The highest BCUT2D eigenvalue weighted by molar-refractivity contribution is 5.92. The number of hydrogen-bond donors (Lipinski definition) is 2. The molecule has 2 rings (SSSR count). The monoisotopic (exact) mass is 283 g/mol. The zero-order valence-corrected chi connectivity index (χ0v) is 9.85. The summed E-state index contributed by atoms with van der Waals surface area (Å²) >= 11 is 0. The summed E-state index contributed by atoms with van der Waals surface area (Å²) in [6.07, 6.45) is -4.02. The van der Waals surface area contributed by atoms with Crippen molar-refractivity contribution in [1.29, 1.82) is 5.26 Å². The predicted molar refractivity (Wildman–Crippen MR) is 62.3 cm³/mol. The highest BCUT2D eigenvalue weighted by Crippen LogP contribution is 2.30. The Labute approximate surface area is 111 Å². The van der Waals surface area contributed by atoms with Crippen molar-refractivity contribution in [3.63, 3.8) is 0 Å². The van der Waals surface area contributed by atoms with Crippen LogP contribution in [0, 0.1) is 11.3 Å². The average molecular weight is 283 g/mol. The number of nitrogens with zero attached hydrogens (tertiary/aromatic N) is 2. The highest BCUT2D eigenvalue weighted by atomic mass is 19.4. The van der Waals surface area contributed by atoms with Gasteiger partial charge in [-0.05, 0) is 24.3 Å². The maximum Gasteiger partial charge on any atom is 0.409 e. The number of alkyl halides is 3. The molecule has 1 aliphatic heterocycles. The number of aliphatic carboxylic acids is 1. The molecular weight excluding hydrogens is 275 g/mol. The first-order valence-corrected chi connectivity index (χ1v) is 5.41. The lowest BCUT2D eigenvalue weighted by Crippen LogP contribution is -2.45. The van der Waals surface area contributed by atoms with Crippen molar-refractivity contribution in [2.45, 2.75) is 12.2 Å². The van der Waals surface area contributed by atoms with Gasteiger partial charge in [0.15, 0.2) is 0 Å². The van der Waals surface area contributed by atoms with E-state index in [9.17, 15) is 18.0 Å². The van der Waals surface area contributed by atoms with Gasteiger partial charge >= 0.3 is 12.1 Å². The van der Waals surface area contributed by atoms with E-state index in [4.69, 9.17) is 10.4 Å². The number of halogens is 3. The summed E-state index contributed by atoms with van der Waals surface area (Å²) in [7, 11) is 0. The standard InChI is InChI=1S/C12H8F3N3O2/c13-12(14,15)10-5-9(11(19)20)18(17-10)8-3-1-2-7(4-8)6-16/h1-5,10,17H,(H,19,20). The first-order valence-electron chi connectivity index (χ1n) is 5.41. The normalized spacial score (nSPS) is 18.6. The molecular formula is C12H8F3N3O2. The number of hydrazine groups is 1. The van der Waals surface area contributed by atoms with Crippen molar-refractivity contribution >= 4 is 11.7 Å². The number of nitrogens with one attached hydrogen (secondary N) is 1. The van der Waals surface area contributed by atoms with Gasteiger partial charge in [0.1, 0.15) is 11.7 Å². The molecule has 1 heterocycles. The van der Waals surface area contributed by atoms with Crippen LogP contribution in [0.4, 0.5) is 18.9 Å². The number of rotatable bonds is 2. The number of nitriles is 1. The summed E-state index contributed by atoms with van der Waals surface area (Å²) in [4.78, 5) is 11.0. The lowest BCUT2D eigenvalue weighted by atomic mass is 10.2. The topological polar surface area (TPSA) is 76.4 Å². The fourth-order valence-corrected chi connectivity index (χ4v) is 1.74. The van der Waals surface area contributed by atoms with Gasteiger partial charge in [-0.2, -0.15) is 18.4 Å². The minimum Gasteiger partial charge on any atom is -0.477 e. The summed E-state index contributed by atoms with van der Waals surface area (Å²) in [6.45, 7) is 0. The quantitative estimate of drug-likeness (QED) is 0.865. The van der Waals surface area contributed by atoms with Crippen LogP contribution in [0.15, 0.2) is 36.0 Å². The van der Waals surface area contributed by atoms with Crippen molar-refractivity contribution < 1.29 is 23.1 Å². The number of carboxylic acids is 1. The molecule has 2 N–H and O–H groups in total. The van der Waals surface area contributed by atoms with E-state index in [1.165, 1.54) is 24.3 Å². The maximum absolute atomic E-state index is 12.7. The summed E-state index contributed by atoms with van der Waals surface area (Å²) in [6, 6.07) is 5.37. The zero-order valence-electron chi connectivity index (χ0n) is 9.85. The smallest absolute Gasteiger partial charge is 0.409 e. The second-order valence-electron chi connectivity index (χ2n) is 4.00. The Morgan fingerprint density at radius 3 is 2.70 bits per heavy atom. The molecule has 0 radical (unpaired) electrons. The first kappa shape index (κ1) is 13.9. The molecule has 0 saturated carbocycles. The molecule has 0 fully saturated rings. The van der Waals surface area contributed by atoms with E-state index in [0.717, 1.165) is 5.01 Å². The van der Waals surface area contributed by atoms with Gasteiger partial charge in [-0.1, -0.05) is 6.07 Å². The van der Waals surface area contributed by atoms with E-state index < -0.39 is 23.9 Å². The number of carbonyl (C=O) groups is 1. The summed E-state index contributed by atoms with van der Waals surface area (Å²) in [5, 5.41) is 18.5. The molecule has 1 aromatic rings. The van der Waals surface area contributed by atoms with Crippen LogP contribution < -0.4 is 10.4 Å². The van der Waals surface area contributed by atoms with Crippen molar-refractivity contribution in [2.75, 3.05) is 5.01 Å². The van der Waals surface area contributed by atoms with Crippen LogP contribution in [0.1, 0.15) is 5.56 Å². The maximum atomic E-state index is 12.7. The fourth-order valence-electron chi connectivity index (χ4n) is 1.74. The van der Waals surface area contributed by atoms with Gasteiger partial charge in [0.05, 0.1) is 17.3 Å². The summed E-state index contributed by atoms with van der Waals surface area (Å²) in [5.74, 6) is -1.49. The van der Waals surface area contributed by atoms with Crippen molar-refractivity contribution in [2.24, 2.45) is 0 Å². The predicted octanol–water partition coefficient (Wildman–Crippen LogP) is 1.78. The van der Waals surface area contributed by atoms with Crippen molar-refractivity contribution in [3.8, 4) is 6.07 Å². The molecule has 20 heavy (non-hydrogen) atoms. The van der Waals surface area contributed by atoms with Gasteiger partial charge in [-0.25, -0.2) is 10.2 Å². The molecule has 5 nitrogen and oxygen atoms in total. The van der Waals surface area contributed by atoms with Crippen LogP contribution in [0.2, 0.25) is 0 Å². The first-order chi connectivity index (χ1) is 9.32. The van der Waals surface area contributed by atoms with Gasteiger partial charge in [0.25, 0.3) is 0 Å². The Hall–Kier alpha value is -2.53. The van der Waals surface area contributed by atoms with E-state index in [-0.39, 0.29) is 11.3 Å². The Balaban J connectivity index is 2.39. The summed E-state index contributed by atoms with van der Waals surface area (Å²) in [5.41, 5.74) is 1.87. The molecule has 1 unspecified atom stereocenters. The number of benzene rings is 1. The van der Waals surface area contributed by atoms with Crippen LogP contribution >= 0.6 is 0 Å². The third-order valence-corrected chi connectivity index (χ3v) is 2.64. The Morgan fingerprint density at radius 1 is 1.45 bits per heavy atom. The van der Waals surface area contributed by atoms with E-state index in [1.807, 2.05) is 6.07 Å². The largest absolute Gasteiger partial charge is 0.477 e. The Kier molecular flexibility index (Phi) is 3.38. The number of anilines is 1. The van der Waals surface area contributed by atoms with E-state index in [2.05, 4.69) is 5.43 Å². The van der Waals surface area contributed by atoms with Crippen molar-refractivity contribution in [3.05, 3.63) is 41.6 Å². The second-order valence-corrected chi connectivity index (χ2v) is 4.00. The molecule has 1 aliphatic rings.